The van der Waals surface area contributed by atoms with Gasteiger partial charge in [0.25, 0.3) is 0 Å². The standard InChI is InChI=1S/C14H12Cl3O2/c1-3-4-13(18)12(9-14(15,16)17)10-5-7-11(19-2)8-6-10/h3,5-9H,1-2H3/q-1. The van der Waals surface area contributed by atoms with Gasteiger partial charge in [0.1, 0.15) is 5.75 Å². The van der Waals surface area contributed by atoms with Crippen LogP contribution in [0, 0.1) is 6.08 Å². The van der Waals surface area contributed by atoms with Gasteiger partial charge in [-0.25, -0.2) is 6.08 Å². The highest BCUT2D eigenvalue weighted by Crippen LogP contribution is 2.32. The molecular formula is C14H12Cl3O2-. The van der Waals surface area contributed by atoms with Gasteiger partial charge < -0.3 is 9.53 Å². The maximum Gasteiger partial charge on any atom is 0.194 e. The Morgan fingerprint density at radius 1 is 1.26 bits per heavy atom. The topological polar surface area (TPSA) is 26.3 Å². The van der Waals surface area contributed by atoms with E-state index in [1.807, 2.05) is 0 Å². The minimum atomic E-state index is -1.65. The third kappa shape index (κ3) is 5.27. The molecule has 0 aromatic heterocycles. The fraction of sp³-hybridized carbons (Fsp3) is 0.214. The molecule has 0 N–H and O–H groups in total. The molecule has 0 saturated carbocycles. The Kier molecular flexibility index (Phi) is 5.92. The van der Waals surface area contributed by atoms with Gasteiger partial charge in [0.05, 0.1) is 7.11 Å². The average Bonchev–Trinajstić information content (AvgIpc) is 2.35. The van der Waals surface area contributed by atoms with Crippen LogP contribution in [-0.2, 0) is 4.79 Å². The number of alkyl halides is 3. The number of ketones is 1. The highest BCUT2D eigenvalue weighted by atomic mass is 35.6. The van der Waals surface area contributed by atoms with E-state index in [-0.39, 0.29) is 11.4 Å². The second-order valence-corrected chi connectivity index (χ2v) is 5.96. The predicted molar refractivity (Wildman–Crippen MR) is 79.8 cm³/mol. The zero-order valence-electron chi connectivity index (χ0n) is 10.4. The summed E-state index contributed by atoms with van der Waals surface area (Å²) in [7, 11) is 1.56. The molecule has 0 spiro atoms. The zero-order chi connectivity index (χ0) is 14.5. The van der Waals surface area contributed by atoms with Crippen molar-refractivity contribution in [2.24, 2.45) is 0 Å². The van der Waals surface area contributed by atoms with Crippen LogP contribution in [0.2, 0.25) is 0 Å². The molecule has 0 unspecified atom stereocenters. The quantitative estimate of drug-likeness (QED) is 0.467. The molecule has 0 heterocycles. The number of halogens is 3. The molecule has 1 aromatic rings. The Hall–Kier alpha value is -0.960. The average molecular weight is 319 g/mol. The summed E-state index contributed by atoms with van der Waals surface area (Å²) >= 11 is 17.2. The molecule has 0 aliphatic heterocycles. The Balaban J connectivity index is 3.23. The molecule has 0 saturated heterocycles. The van der Waals surface area contributed by atoms with Gasteiger partial charge in [0.2, 0.25) is 0 Å². The van der Waals surface area contributed by atoms with Gasteiger partial charge in [-0.1, -0.05) is 59.4 Å². The van der Waals surface area contributed by atoms with Crippen LogP contribution in [0.3, 0.4) is 0 Å². The number of ether oxygens (including phenoxy) is 1. The lowest BCUT2D eigenvalue weighted by atomic mass is 10.0. The van der Waals surface area contributed by atoms with E-state index in [4.69, 9.17) is 39.5 Å². The van der Waals surface area contributed by atoms with E-state index in [0.717, 1.165) is 0 Å². The van der Waals surface area contributed by atoms with E-state index in [0.29, 0.717) is 11.3 Å². The second-order valence-electron chi connectivity index (χ2n) is 3.59. The van der Waals surface area contributed by atoms with Crippen LogP contribution in [0.25, 0.3) is 5.57 Å². The normalized spacial score (nSPS) is 12.8. The second kappa shape index (κ2) is 6.99. The number of methoxy groups -OCH3 is 1. The van der Waals surface area contributed by atoms with E-state index >= 15 is 0 Å². The monoisotopic (exact) mass is 317 g/mol. The Labute approximate surface area is 127 Å². The molecule has 2 nitrogen and oxygen atoms in total. The first-order valence-corrected chi connectivity index (χ1v) is 6.53. The predicted octanol–water partition coefficient (Wildman–Crippen LogP) is 4.40. The molecule has 0 fully saturated rings. The van der Waals surface area contributed by atoms with Crippen molar-refractivity contribution in [2.45, 2.75) is 10.7 Å². The lowest BCUT2D eigenvalue weighted by Gasteiger charge is -2.18. The number of carbonyl (C=O) groups is 1. The molecule has 1 rings (SSSR count). The number of benzene rings is 1. The lowest BCUT2D eigenvalue weighted by molar-refractivity contribution is -0.110. The summed E-state index contributed by atoms with van der Waals surface area (Å²) in [6, 6.07) is 6.89. The van der Waals surface area contributed by atoms with Crippen molar-refractivity contribution in [3.63, 3.8) is 0 Å². The molecule has 0 radical (unpaired) electrons. The summed E-state index contributed by atoms with van der Waals surface area (Å²) in [4.78, 5) is 12.0. The SMILES string of the molecule is CC=[C-]C(=O)C(=CC(Cl)(Cl)Cl)c1ccc(OC)cc1. The van der Waals surface area contributed by atoms with Crippen molar-refractivity contribution in [1.29, 1.82) is 0 Å². The van der Waals surface area contributed by atoms with Crippen LogP contribution in [0.15, 0.2) is 36.4 Å². The molecule has 19 heavy (non-hydrogen) atoms. The van der Waals surface area contributed by atoms with Crippen LogP contribution in [0.4, 0.5) is 0 Å². The number of rotatable bonds is 4. The third-order valence-corrected chi connectivity index (χ3v) is 2.56. The molecule has 0 aliphatic rings. The smallest absolute Gasteiger partial charge is 0.194 e. The summed E-state index contributed by atoms with van der Waals surface area (Å²) in [6.07, 6.45) is 5.34. The van der Waals surface area contributed by atoms with E-state index in [1.165, 1.54) is 12.2 Å². The lowest BCUT2D eigenvalue weighted by Crippen LogP contribution is -2.05. The number of hydrogen-bond donors (Lipinski definition) is 0. The molecule has 102 valence electrons. The summed E-state index contributed by atoms with van der Waals surface area (Å²) in [6.45, 7) is 1.69. The van der Waals surface area contributed by atoms with Crippen molar-refractivity contribution >= 4 is 46.2 Å². The summed E-state index contributed by atoms with van der Waals surface area (Å²) in [5.74, 6) is 0.332. The molecular weight excluding hydrogens is 307 g/mol. The van der Waals surface area contributed by atoms with Crippen LogP contribution in [-0.4, -0.2) is 16.7 Å². The van der Waals surface area contributed by atoms with Gasteiger partial charge in [-0.15, -0.1) is 11.6 Å². The van der Waals surface area contributed by atoms with E-state index < -0.39 is 3.79 Å². The van der Waals surface area contributed by atoms with Crippen LogP contribution in [0.5, 0.6) is 5.75 Å². The van der Waals surface area contributed by atoms with Crippen molar-refractivity contribution in [1.82, 2.24) is 0 Å². The first-order chi connectivity index (χ1) is 8.87. The van der Waals surface area contributed by atoms with E-state index in [1.54, 1.807) is 38.3 Å². The zero-order valence-corrected chi connectivity index (χ0v) is 12.7. The van der Waals surface area contributed by atoms with Crippen LogP contribution < -0.4 is 4.74 Å². The number of Topliss-reactive ketones (excluding diaryl/α,β-unsaturated/α-hetero) is 1. The summed E-state index contributed by atoms with van der Waals surface area (Å²) in [5, 5.41) is 0. The summed E-state index contributed by atoms with van der Waals surface area (Å²) in [5.41, 5.74) is 0.909. The van der Waals surface area contributed by atoms with Gasteiger partial charge in [-0.05, 0) is 12.1 Å². The van der Waals surface area contributed by atoms with Crippen LogP contribution in [0.1, 0.15) is 12.5 Å². The minimum absolute atomic E-state index is 0.278. The molecule has 1 aromatic carbocycles. The van der Waals surface area contributed by atoms with Gasteiger partial charge in [-0.2, -0.15) is 6.08 Å². The Morgan fingerprint density at radius 3 is 2.26 bits per heavy atom. The molecule has 0 bridgehead atoms. The highest BCUT2D eigenvalue weighted by Gasteiger charge is 2.15. The van der Waals surface area contributed by atoms with Crippen molar-refractivity contribution < 1.29 is 9.53 Å². The first-order valence-electron chi connectivity index (χ1n) is 5.40. The highest BCUT2D eigenvalue weighted by molar-refractivity contribution is 6.69. The van der Waals surface area contributed by atoms with Gasteiger partial charge in [0.15, 0.2) is 3.79 Å². The fourth-order valence-corrected chi connectivity index (χ4v) is 1.75. The largest absolute Gasteiger partial charge is 0.497 e. The summed E-state index contributed by atoms with van der Waals surface area (Å²) < 4.78 is 3.40. The van der Waals surface area contributed by atoms with Crippen molar-refractivity contribution in [2.75, 3.05) is 7.11 Å². The Morgan fingerprint density at radius 2 is 1.84 bits per heavy atom. The molecule has 0 amide bonds. The van der Waals surface area contributed by atoms with E-state index in [9.17, 15) is 4.79 Å². The van der Waals surface area contributed by atoms with Crippen molar-refractivity contribution in [3.8, 4) is 5.75 Å². The van der Waals surface area contributed by atoms with E-state index in [2.05, 4.69) is 6.08 Å². The number of allylic oxidation sites excluding steroid dienone is 4. The Bertz CT molecular complexity index is 496. The third-order valence-electron chi connectivity index (χ3n) is 2.23. The number of carbonyl (C=O) groups excluding carboxylic acids is 1. The molecule has 5 heteroatoms. The van der Waals surface area contributed by atoms with Crippen LogP contribution >= 0.6 is 34.8 Å². The van der Waals surface area contributed by atoms with Gasteiger partial charge in [-0.3, -0.25) is 0 Å². The first kappa shape index (κ1) is 16.1. The molecule has 0 atom stereocenters. The van der Waals surface area contributed by atoms with Crippen molar-refractivity contribution in [3.05, 3.63) is 48.1 Å². The van der Waals surface area contributed by atoms with Gasteiger partial charge >= 0.3 is 0 Å². The maximum absolute atomic E-state index is 12.0. The maximum atomic E-state index is 12.0. The molecule has 0 aliphatic carbocycles. The van der Waals surface area contributed by atoms with Gasteiger partial charge in [0, 0.05) is 5.78 Å². The fourth-order valence-electron chi connectivity index (χ4n) is 1.42. The minimum Gasteiger partial charge on any atom is -0.497 e. The number of hydrogen-bond acceptors (Lipinski definition) is 2.